The second-order valence-corrected chi connectivity index (χ2v) is 11.2. The number of carbonyl (C=O) groups is 2. The van der Waals surface area contributed by atoms with E-state index in [0.717, 1.165) is 25.5 Å². The van der Waals surface area contributed by atoms with E-state index in [2.05, 4.69) is 67.2 Å². The van der Waals surface area contributed by atoms with Gasteiger partial charge in [0.25, 0.3) is 5.91 Å². The number of hydrogen-bond donors (Lipinski definition) is 1. The second kappa shape index (κ2) is 11.1. The van der Waals surface area contributed by atoms with E-state index >= 15 is 0 Å². The molecule has 1 aliphatic rings. The number of nitrogens with zero attached hydrogens (tertiary/aromatic N) is 2. The molecule has 0 unspecified atom stereocenters. The number of amides is 1. The largest absolute Gasteiger partial charge is 0.487 e. The number of likely N-dealkylation sites (N-methyl/N-ethyl adjacent to an activating group) is 1. The van der Waals surface area contributed by atoms with Gasteiger partial charge < -0.3 is 9.84 Å². The van der Waals surface area contributed by atoms with Crippen LogP contribution in [0.5, 0.6) is 5.75 Å². The summed E-state index contributed by atoms with van der Waals surface area (Å²) in [4.78, 5) is 30.5. The van der Waals surface area contributed by atoms with E-state index in [0.29, 0.717) is 28.1 Å². The van der Waals surface area contributed by atoms with Gasteiger partial charge in [0.05, 0.1) is 25.1 Å². The molecule has 38 heavy (non-hydrogen) atoms. The highest BCUT2D eigenvalue weighted by atomic mass is 79.9. The highest BCUT2D eigenvalue weighted by Crippen LogP contribution is 2.38. The molecule has 4 aromatic rings. The van der Waals surface area contributed by atoms with Crippen LogP contribution in [0, 0.1) is 0 Å². The molecule has 190 valence electrons. The zero-order valence-electron chi connectivity index (χ0n) is 20.0. The number of carboxylic acid groups (broad SMARTS) is 1. The molecule has 0 aliphatic carbocycles. The van der Waals surface area contributed by atoms with E-state index in [1.54, 1.807) is 19.2 Å². The van der Waals surface area contributed by atoms with Gasteiger partial charge >= 0.3 is 5.97 Å². The van der Waals surface area contributed by atoms with Crippen molar-refractivity contribution in [2.45, 2.75) is 6.61 Å². The third kappa shape index (κ3) is 5.70. The van der Waals surface area contributed by atoms with Crippen LogP contribution in [0.3, 0.4) is 0 Å². The predicted molar refractivity (Wildman–Crippen MR) is 159 cm³/mol. The van der Waals surface area contributed by atoms with E-state index in [1.807, 2.05) is 30.3 Å². The molecular formula is C29H20Br2N2O4S. The Hall–Kier alpha value is -3.40. The van der Waals surface area contributed by atoms with Crippen LogP contribution in [0.4, 0.5) is 5.69 Å². The van der Waals surface area contributed by atoms with E-state index in [-0.39, 0.29) is 11.5 Å². The van der Waals surface area contributed by atoms with Crippen LogP contribution >= 0.6 is 43.6 Å². The molecule has 5 rings (SSSR count). The Bertz CT molecular complexity index is 1610. The van der Waals surface area contributed by atoms with Gasteiger partial charge in [-0.2, -0.15) is 0 Å². The number of hydrogen-bond acceptors (Lipinski definition) is 5. The predicted octanol–water partition coefficient (Wildman–Crippen LogP) is 7.88. The van der Waals surface area contributed by atoms with Crippen LogP contribution in [0.25, 0.3) is 16.8 Å². The Morgan fingerprint density at radius 2 is 1.68 bits per heavy atom. The SMILES string of the molecule is CN1C(=O)/C(=C/c2cc(Br)c(OCc3ccc4ccccc4c3)c(Br)c2)SC1=Nc1ccc(C(=O)O)cc1. The Morgan fingerprint density at radius 3 is 2.37 bits per heavy atom. The fraction of sp³-hybridized carbons (Fsp3) is 0.0690. The lowest BCUT2D eigenvalue weighted by atomic mass is 10.1. The van der Waals surface area contributed by atoms with Crippen LogP contribution in [0.2, 0.25) is 0 Å². The molecule has 0 radical (unpaired) electrons. The summed E-state index contributed by atoms with van der Waals surface area (Å²) in [5.41, 5.74) is 2.63. The standard InChI is InChI=1S/C29H20Br2N2O4S/c1-33-27(34)25(38-29(33)32-22-10-8-20(9-11-22)28(35)36)15-18-13-23(30)26(24(31)14-18)37-16-17-6-7-19-4-2-3-5-21(19)12-17/h2-15H,16H2,1H3,(H,35,36)/b25-15-,32-29?. The van der Waals surface area contributed by atoms with Crippen molar-refractivity contribution in [1.82, 2.24) is 4.90 Å². The van der Waals surface area contributed by atoms with Crippen molar-refractivity contribution < 1.29 is 19.4 Å². The molecule has 1 saturated heterocycles. The number of benzene rings is 4. The number of carbonyl (C=O) groups excluding carboxylic acids is 1. The number of halogens is 2. The highest BCUT2D eigenvalue weighted by molar-refractivity contribution is 9.11. The van der Waals surface area contributed by atoms with Crippen molar-refractivity contribution in [3.8, 4) is 5.75 Å². The molecule has 1 aliphatic heterocycles. The Balaban J connectivity index is 1.32. The first-order chi connectivity index (χ1) is 18.3. The van der Waals surface area contributed by atoms with Crippen LogP contribution < -0.4 is 4.74 Å². The molecular weight excluding hydrogens is 632 g/mol. The minimum absolute atomic E-state index is 0.167. The summed E-state index contributed by atoms with van der Waals surface area (Å²) in [6, 6.07) is 24.5. The minimum Gasteiger partial charge on any atom is -0.487 e. The molecule has 1 fully saturated rings. The molecule has 0 saturated carbocycles. The maximum atomic E-state index is 12.9. The fourth-order valence-corrected chi connectivity index (χ4v) is 6.31. The van der Waals surface area contributed by atoms with Crippen LogP contribution in [-0.4, -0.2) is 34.1 Å². The Labute approximate surface area is 240 Å². The summed E-state index contributed by atoms with van der Waals surface area (Å²) in [6.07, 6.45) is 1.81. The molecule has 0 atom stereocenters. The molecule has 1 N–H and O–H groups in total. The summed E-state index contributed by atoms with van der Waals surface area (Å²) < 4.78 is 7.64. The van der Waals surface area contributed by atoms with Gasteiger partial charge in [0, 0.05) is 7.05 Å². The van der Waals surface area contributed by atoms with Gasteiger partial charge in [0.2, 0.25) is 0 Å². The number of aromatic carboxylic acids is 1. The zero-order valence-corrected chi connectivity index (χ0v) is 24.0. The average molecular weight is 652 g/mol. The smallest absolute Gasteiger partial charge is 0.335 e. The van der Waals surface area contributed by atoms with Gasteiger partial charge in [0.15, 0.2) is 5.17 Å². The third-order valence-electron chi connectivity index (χ3n) is 5.86. The maximum Gasteiger partial charge on any atom is 0.335 e. The normalized spacial score (nSPS) is 15.6. The summed E-state index contributed by atoms with van der Waals surface area (Å²) in [7, 11) is 1.66. The molecule has 1 amide bonds. The third-order valence-corrected chi connectivity index (χ3v) is 8.10. The molecule has 6 nitrogen and oxygen atoms in total. The highest BCUT2D eigenvalue weighted by Gasteiger charge is 2.30. The van der Waals surface area contributed by atoms with Gasteiger partial charge in [-0.1, -0.05) is 36.4 Å². The minimum atomic E-state index is -1.00. The summed E-state index contributed by atoms with van der Waals surface area (Å²) in [6.45, 7) is 0.412. The van der Waals surface area contributed by atoms with Gasteiger partial charge in [0.1, 0.15) is 12.4 Å². The summed E-state index contributed by atoms with van der Waals surface area (Å²) in [5.74, 6) is -0.492. The molecule has 0 spiro atoms. The number of aliphatic imine (C=N–C) groups is 1. The van der Waals surface area contributed by atoms with Crippen LogP contribution in [0.15, 0.2) is 97.7 Å². The van der Waals surface area contributed by atoms with Crippen molar-refractivity contribution in [3.63, 3.8) is 0 Å². The van der Waals surface area contributed by atoms with E-state index in [9.17, 15) is 9.59 Å². The van der Waals surface area contributed by atoms with Crippen LogP contribution in [-0.2, 0) is 11.4 Å². The zero-order chi connectivity index (χ0) is 26.8. The van der Waals surface area contributed by atoms with Gasteiger partial charge in [-0.15, -0.1) is 0 Å². The number of fused-ring (bicyclic) bond motifs is 1. The lowest BCUT2D eigenvalue weighted by Crippen LogP contribution is -2.23. The monoisotopic (exact) mass is 650 g/mol. The first-order valence-corrected chi connectivity index (χ1v) is 13.9. The van der Waals surface area contributed by atoms with Crippen LogP contribution in [0.1, 0.15) is 21.5 Å². The lowest BCUT2D eigenvalue weighted by Gasteiger charge is -2.12. The maximum absolute atomic E-state index is 12.9. The molecule has 1 heterocycles. The number of amidine groups is 1. The molecule has 9 heteroatoms. The topological polar surface area (TPSA) is 79.2 Å². The van der Waals surface area contributed by atoms with Crippen molar-refractivity contribution >= 4 is 83.2 Å². The number of thioether (sulfide) groups is 1. The molecule has 0 bridgehead atoms. The van der Waals surface area contributed by atoms with Gasteiger partial charge in [-0.25, -0.2) is 9.79 Å². The number of carboxylic acids is 1. The fourth-order valence-electron chi connectivity index (χ4n) is 3.88. The summed E-state index contributed by atoms with van der Waals surface area (Å²) in [5, 5.41) is 11.9. The van der Waals surface area contributed by atoms with Gasteiger partial charge in [-0.05, 0) is 114 Å². The molecule has 4 aromatic carbocycles. The molecule has 0 aromatic heterocycles. The van der Waals surface area contributed by atoms with Crippen molar-refractivity contribution in [2.24, 2.45) is 4.99 Å². The Kier molecular flexibility index (Phi) is 7.69. The summed E-state index contributed by atoms with van der Waals surface area (Å²) >= 11 is 8.48. The lowest BCUT2D eigenvalue weighted by molar-refractivity contribution is -0.121. The first-order valence-electron chi connectivity index (χ1n) is 11.5. The first kappa shape index (κ1) is 26.2. The van der Waals surface area contributed by atoms with E-state index in [4.69, 9.17) is 9.84 Å². The van der Waals surface area contributed by atoms with E-state index in [1.165, 1.54) is 34.2 Å². The number of ether oxygens (including phenoxy) is 1. The number of rotatable bonds is 6. The van der Waals surface area contributed by atoms with Crippen molar-refractivity contribution in [1.29, 1.82) is 0 Å². The second-order valence-electron chi connectivity index (χ2n) is 8.51. The van der Waals surface area contributed by atoms with Gasteiger partial charge in [-0.3, -0.25) is 9.69 Å². The average Bonchev–Trinajstić information content (AvgIpc) is 3.16. The van der Waals surface area contributed by atoms with Crippen molar-refractivity contribution in [2.75, 3.05) is 7.05 Å². The van der Waals surface area contributed by atoms with E-state index < -0.39 is 5.97 Å². The quantitative estimate of drug-likeness (QED) is 0.215. The van der Waals surface area contributed by atoms with Crippen molar-refractivity contribution in [3.05, 3.63) is 109 Å². The Morgan fingerprint density at radius 1 is 1.00 bits per heavy atom.